The van der Waals surface area contributed by atoms with Crippen LogP contribution in [0.25, 0.3) is 0 Å². The van der Waals surface area contributed by atoms with Crippen molar-refractivity contribution in [1.29, 1.82) is 0 Å². The van der Waals surface area contributed by atoms with Gasteiger partial charge in [-0.25, -0.2) is 0 Å². The number of hydrogen-bond donors (Lipinski definition) is 1. The lowest BCUT2D eigenvalue weighted by atomic mass is 10.0. The molecule has 166 valence electrons. The smallest absolute Gasteiger partial charge is 0.243 e. The molecule has 0 aromatic heterocycles. The van der Waals surface area contributed by atoms with Crippen LogP contribution >= 0.6 is 0 Å². The van der Waals surface area contributed by atoms with E-state index in [1.54, 1.807) is 4.90 Å². The molecule has 0 saturated heterocycles. The van der Waals surface area contributed by atoms with Gasteiger partial charge in [-0.05, 0) is 56.9 Å². The van der Waals surface area contributed by atoms with Crippen molar-refractivity contribution in [2.75, 3.05) is 6.79 Å². The first-order chi connectivity index (χ1) is 14.8. The van der Waals surface area contributed by atoms with E-state index in [9.17, 15) is 9.59 Å². The fraction of sp³-hybridized carbons (Fsp3) is 0.440. The summed E-state index contributed by atoms with van der Waals surface area (Å²) in [4.78, 5) is 28.0. The second-order valence-electron chi connectivity index (χ2n) is 8.86. The molecule has 2 aromatic rings. The van der Waals surface area contributed by atoms with Gasteiger partial charge in [0.25, 0.3) is 0 Å². The highest BCUT2D eigenvalue weighted by Gasteiger charge is 2.30. The van der Waals surface area contributed by atoms with Crippen LogP contribution in [0.15, 0.2) is 48.5 Å². The molecule has 1 heterocycles. The lowest BCUT2D eigenvalue weighted by molar-refractivity contribution is -0.142. The zero-order valence-electron chi connectivity index (χ0n) is 18.8. The fourth-order valence-electron chi connectivity index (χ4n) is 3.64. The summed E-state index contributed by atoms with van der Waals surface area (Å²) in [6.45, 7) is 8.40. The van der Waals surface area contributed by atoms with Crippen LogP contribution in [-0.4, -0.2) is 35.1 Å². The lowest BCUT2D eigenvalue weighted by Crippen LogP contribution is -2.53. The minimum atomic E-state index is -0.524. The fourth-order valence-corrected chi connectivity index (χ4v) is 3.64. The van der Waals surface area contributed by atoms with Crippen LogP contribution in [0.4, 0.5) is 0 Å². The summed E-state index contributed by atoms with van der Waals surface area (Å²) in [7, 11) is 0. The molecule has 0 spiro atoms. The Morgan fingerprint density at radius 3 is 2.42 bits per heavy atom. The van der Waals surface area contributed by atoms with Gasteiger partial charge in [0, 0.05) is 18.5 Å². The molecule has 1 aliphatic heterocycles. The summed E-state index contributed by atoms with van der Waals surface area (Å²) in [6, 6.07) is 15.0. The molecule has 0 fully saturated rings. The number of aryl methyl sites for hydroxylation is 1. The van der Waals surface area contributed by atoms with Crippen molar-refractivity contribution in [3.8, 4) is 11.5 Å². The van der Waals surface area contributed by atoms with E-state index in [4.69, 9.17) is 9.47 Å². The third-order valence-corrected chi connectivity index (χ3v) is 5.14. The van der Waals surface area contributed by atoms with E-state index in [2.05, 4.69) is 5.32 Å². The molecule has 0 bridgehead atoms. The van der Waals surface area contributed by atoms with Crippen LogP contribution in [0.5, 0.6) is 11.5 Å². The Hall–Kier alpha value is -3.02. The molecule has 0 aliphatic carbocycles. The average Bonchev–Trinajstić information content (AvgIpc) is 3.19. The molecule has 2 aromatic carbocycles. The number of carbonyl (C=O) groups is 2. The maximum atomic E-state index is 13.3. The highest BCUT2D eigenvalue weighted by Crippen LogP contribution is 2.32. The average molecular weight is 425 g/mol. The predicted octanol–water partition coefficient (Wildman–Crippen LogP) is 4.07. The van der Waals surface area contributed by atoms with Gasteiger partial charge in [0.2, 0.25) is 18.6 Å². The highest BCUT2D eigenvalue weighted by molar-refractivity contribution is 5.88. The lowest BCUT2D eigenvalue weighted by Gasteiger charge is -2.33. The van der Waals surface area contributed by atoms with Crippen molar-refractivity contribution < 1.29 is 19.1 Å². The Morgan fingerprint density at radius 2 is 1.74 bits per heavy atom. The topological polar surface area (TPSA) is 67.9 Å². The van der Waals surface area contributed by atoms with Gasteiger partial charge in [0.05, 0.1) is 0 Å². The number of hydrogen-bond acceptors (Lipinski definition) is 4. The number of rotatable bonds is 8. The second kappa shape index (κ2) is 9.86. The van der Waals surface area contributed by atoms with Gasteiger partial charge >= 0.3 is 0 Å². The summed E-state index contributed by atoms with van der Waals surface area (Å²) >= 11 is 0. The number of benzene rings is 2. The molecule has 6 nitrogen and oxygen atoms in total. The normalized spacial score (nSPS) is 13.5. The van der Waals surface area contributed by atoms with Gasteiger partial charge < -0.3 is 19.7 Å². The number of fused-ring (bicyclic) bond motifs is 1. The first-order valence-electron chi connectivity index (χ1n) is 10.8. The van der Waals surface area contributed by atoms with Crippen LogP contribution in [-0.2, 0) is 22.6 Å². The van der Waals surface area contributed by atoms with Crippen LogP contribution in [0.1, 0.15) is 51.7 Å². The van der Waals surface area contributed by atoms with Crippen LogP contribution in [0, 0.1) is 0 Å². The summed E-state index contributed by atoms with van der Waals surface area (Å²) in [6.07, 6.45) is 1.42. The Labute approximate surface area is 184 Å². The SMILES string of the molecule is CCC(C(=O)NC(C)(C)C)N(Cc1ccccc1)C(=O)CCc1ccc2c(c1)OCO2. The van der Waals surface area contributed by atoms with Crippen LogP contribution < -0.4 is 14.8 Å². The number of nitrogens with one attached hydrogen (secondary N) is 1. The summed E-state index contributed by atoms with van der Waals surface area (Å²) in [5.74, 6) is 1.27. The molecule has 1 atom stereocenters. The van der Waals surface area contributed by atoms with Crippen LogP contribution in [0.2, 0.25) is 0 Å². The summed E-state index contributed by atoms with van der Waals surface area (Å²) < 4.78 is 10.8. The first kappa shape index (κ1) is 22.7. The predicted molar refractivity (Wildman–Crippen MR) is 120 cm³/mol. The Bertz CT molecular complexity index is 905. The summed E-state index contributed by atoms with van der Waals surface area (Å²) in [5.41, 5.74) is 1.64. The highest BCUT2D eigenvalue weighted by atomic mass is 16.7. The van der Waals surface area contributed by atoms with Crippen molar-refractivity contribution in [3.05, 3.63) is 59.7 Å². The minimum Gasteiger partial charge on any atom is -0.454 e. The summed E-state index contributed by atoms with van der Waals surface area (Å²) in [5, 5.41) is 3.03. The van der Waals surface area contributed by atoms with Gasteiger partial charge in [-0.3, -0.25) is 9.59 Å². The maximum absolute atomic E-state index is 13.3. The van der Waals surface area contributed by atoms with Crippen molar-refractivity contribution in [2.24, 2.45) is 0 Å². The third-order valence-electron chi connectivity index (χ3n) is 5.14. The number of nitrogens with zero attached hydrogens (tertiary/aromatic N) is 1. The third kappa shape index (κ3) is 6.23. The largest absolute Gasteiger partial charge is 0.454 e. The molecule has 3 rings (SSSR count). The van der Waals surface area contributed by atoms with Gasteiger partial charge in [-0.1, -0.05) is 43.3 Å². The van der Waals surface area contributed by atoms with E-state index in [-0.39, 0.29) is 24.1 Å². The molecule has 1 aliphatic rings. The van der Waals surface area contributed by atoms with E-state index in [1.165, 1.54) is 0 Å². The number of ether oxygens (including phenoxy) is 2. The van der Waals surface area contributed by atoms with E-state index >= 15 is 0 Å². The first-order valence-corrected chi connectivity index (χ1v) is 10.8. The van der Waals surface area contributed by atoms with Gasteiger partial charge in [0.15, 0.2) is 11.5 Å². The molecule has 1 N–H and O–H groups in total. The number of carbonyl (C=O) groups excluding carboxylic acids is 2. The molecule has 1 unspecified atom stereocenters. The Kier molecular flexibility index (Phi) is 7.21. The Balaban J connectivity index is 1.75. The standard InChI is InChI=1S/C25H32N2O4/c1-5-20(24(29)26-25(2,3)4)27(16-19-9-7-6-8-10-19)23(28)14-12-18-11-13-21-22(15-18)31-17-30-21/h6-11,13,15,20H,5,12,14,16-17H2,1-4H3,(H,26,29). The monoisotopic (exact) mass is 424 g/mol. The van der Waals surface area contributed by atoms with E-state index < -0.39 is 6.04 Å². The van der Waals surface area contributed by atoms with Crippen molar-refractivity contribution >= 4 is 11.8 Å². The number of amides is 2. The van der Waals surface area contributed by atoms with Gasteiger partial charge in [-0.2, -0.15) is 0 Å². The molecule has 31 heavy (non-hydrogen) atoms. The molecular weight excluding hydrogens is 392 g/mol. The molecule has 2 amide bonds. The van der Waals surface area contributed by atoms with Crippen molar-refractivity contribution in [3.63, 3.8) is 0 Å². The Morgan fingerprint density at radius 1 is 1.03 bits per heavy atom. The van der Waals surface area contributed by atoms with Gasteiger partial charge in [-0.15, -0.1) is 0 Å². The van der Waals surface area contributed by atoms with E-state index in [0.717, 1.165) is 16.9 Å². The zero-order chi connectivity index (χ0) is 22.4. The van der Waals surface area contributed by atoms with Crippen molar-refractivity contribution in [1.82, 2.24) is 10.2 Å². The molecule has 0 radical (unpaired) electrons. The molecule has 6 heteroatoms. The minimum absolute atomic E-state index is 0.0440. The molecular formula is C25H32N2O4. The van der Waals surface area contributed by atoms with E-state index in [1.807, 2.05) is 76.2 Å². The zero-order valence-corrected chi connectivity index (χ0v) is 18.8. The van der Waals surface area contributed by atoms with Gasteiger partial charge in [0.1, 0.15) is 6.04 Å². The van der Waals surface area contributed by atoms with E-state index in [0.29, 0.717) is 31.6 Å². The van der Waals surface area contributed by atoms with Crippen LogP contribution in [0.3, 0.4) is 0 Å². The maximum Gasteiger partial charge on any atom is 0.243 e. The second-order valence-corrected chi connectivity index (χ2v) is 8.86. The quantitative estimate of drug-likeness (QED) is 0.694. The van der Waals surface area contributed by atoms with Crippen molar-refractivity contribution in [2.45, 2.75) is 65.1 Å². The molecule has 0 saturated carbocycles.